The van der Waals surface area contributed by atoms with E-state index in [1.54, 1.807) is 31.2 Å². The Morgan fingerprint density at radius 3 is 2.52 bits per heavy atom. The number of hydrogen-bond acceptors (Lipinski definition) is 4. The number of halogens is 3. The maximum atomic E-state index is 13.1. The molecule has 172 valence electrons. The molecule has 1 amide bonds. The molecule has 0 saturated heterocycles. The van der Waals surface area contributed by atoms with Crippen LogP contribution in [0.1, 0.15) is 40.0 Å². The third kappa shape index (κ3) is 5.05. The van der Waals surface area contributed by atoms with Gasteiger partial charge in [-0.1, -0.05) is 24.3 Å². The first kappa shape index (κ1) is 22.5. The molecule has 1 fully saturated rings. The molecule has 1 saturated carbocycles. The van der Waals surface area contributed by atoms with Crippen molar-refractivity contribution in [3.05, 3.63) is 91.8 Å². The Hall–Kier alpha value is -3.69. The van der Waals surface area contributed by atoms with Crippen molar-refractivity contribution in [3.63, 3.8) is 0 Å². The van der Waals surface area contributed by atoms with E-state index < -0.39 is 41.1 Å². The van der Waals surface area contributed by atoms with Gasteiger partial charge in [-0.15, -0.1) is 0 Å². The number of nitrogens with one attached hydrogen (secondary N) is 1. The fourth-order valence-electron chi connectivity index (χ4n) is 3.40. The lowest BCUT2D eigenvalue weighted by Crippen LogP contribution is -2.46. The second-order valence-electron chi connectivity index (χ2n) is 8.12. The van der Waals surface area contributed by atoms with E-state index in [1.807, 2.05) is 0 Å². The van der Waals surface area contributed by atoms with E-state index in [9.17, 15) is 27.6 Å². The molecule has 0 spiro atoms. The molecule has 0 radical (unpaired) electrons. The molecular formula is C23H21F3N4O3. The summed E-state index contributed by atoms with van der Waals surface area (Å²) in [4.78, 5) is 38.9. The molecular weight excluding hydrogens is 437 g/mol. The van der Waals surface area contributed by atoms with Crippen LogP contribution in [-0.4, -0.2) is 26.8 Å². The SMILES string of the molecule is Cc1cccc(-n2nc(C(=O)NCC3CC3)c(=O)n(Cc3cccc(C(F)(F)F)c3)c2=O)c1. The van der Waals surface area contributed by atoms with Crippen molar-refractivity contribution in [2.45, 2.75) is 32.5 Å². The average Bonchev–Trinajstić information content (AvgIpc) is 3.59. The van der Waals surface area contributed by atoms with E-state index in [2.05, 4.69) is 10.4 Å². The first-order chi connectivity index (χ1) is 15.6. The van der Waals surface area contributed by atoms with Crippen LogP contribution in [-0.2, 0) is 12.7 Å². The van der Waals surface area contributed by atoms with Crippen molar-refractivity contribution in [3.8, 4) is 5.69 Å². The van der Waals surface area contributed by atoms with Gasteiger partial charge in [0.1, 0.15) is 0 Å². The number of nitrogens with zero attached hydrogens (tertiary/aromatic N) is 3. The Kier molecular flexibility index (Phi) is 5.92. The minimum atomic E-state index is -4.57. The van der Waals surface area contributed by atoms with Crippen LogP contribution in [0.2, 0.25) is 0 Å². The Bertz CT molecular complexity index is 1320. The summed E-state index contributed by atoms with van der Waals surface area (Å²) in [6, 6.07) is 11.1. The molecule has 0 atom stereocenters. The van der Waals surface area contributed by atoms with Crippen molar-refractivity contribution in [1.29, 1.82) is 0 Å². The zero-order chi connectivity index (χ0) is 23.8. The molecule has 1 aliphatic rings. The number of hydrogen-bond donors (Lipinski definition) is 1. The molecule has 4 rings (SSSR count). The zero-order valence-electron chi connectivity index (χ0n) is 17.7. The highest BCUT2D eigenvalue weighted by atomic mass is 19.4. The van der Waals surface area contributed by atoms with Crippen LogP contribution in [0.25, 0.3) is 5.69 Å². The van der Waals surface area contributed by atoms with Gasteiger partial charge in [0.15, 0.2) is 0 Å². The topological polar surface area (TPSA) is 86.0 Å². The normalized spacial score (nSPS) is 13.7. The number of aromatic nitrogens is 3. The first-order valence-corrected chi connectivity index (χ1v) is 10.4. The van der Waals surface area contributed by atoms with Crippen molar-refractivity contribution >= 4 is 5.91 Å². The second kappa shape index (κ2) is 8.68. The standard InChI is InChI=1S/C23H21F3N4O3/c1-14-4-2-7-18(10-14)30-22(33)29(13-16-5-3-6-17(11-16)23(24,25)26)21(32)19(28-30)20(31)27-12-15-8-9-15/h2-7,10-11,15H,8-9,12-13H2,1H3,(H,27,31). The first-order valence-electron chi connectivity index (χ1n) is 10.4. The molecule has 1 heterocycles. The summed E-state index contributed by atoms with van der Waals surface area (Å²) in [6.45, 7) is 1.74. The molecule has 3 aromatic rings. The molecule has 0 bridgehead atoms. The van der Waals surface area contributed by atoms with Crippen LogP contribution >= 0.6 is 0 Å². The Morgan fingerprint density at radius 1 is 1.12 bits per heavy atom. The lowest BCUT2D eigenvalue weighted by Gasteiger charge is -2.13. The molecule has 2 aromatic carbocycles. The van der Waals surface area contributed by atoms with Gasteiger partial charge in [-0.2, -0.15) is 23.0 Å². The van der Waals surface area contributed by atoms with Gasteiger partial charge >= 0.3 is 11.9 Å². The number of carbonyl (C=O) groups is 1. The average molecular weight is 458 g/mol. The highest BCUT2D eigenvalue weighted by molar-refractivity contribution is 5.91. The van der Waals surface area contributed by atoms with Crippen LogP contribution < -0.4 is 16.6 Å². The van der Waals surface area contributed by atoms with E-state index >= 15 is 0 Å². The van der Waals surface area contributed by atoms with Gasteiger partial charge in [-0.05, 0) is 61.1 Å². The summed E-state index contributed by atoms with van der Waals surface area (Å²) in [5.74, 6) is -0.380. The largest absolute Gasteiger partial charge is 0.416 e. The molecule has 1 N–H and O–H groups in total. The van der Waals surface area contributed by atoms with Gasteiger partial charge in [0.25, 0.3) is 11.5 Å². The summed E-state index contributed by atoms with van der Waals surface area (Å²) in [6.07, 6.45) is -2.61. The highest BCUT2D eigenvalue weighted by Crippen LogP contribution is 2.29. The van der Waals surface area contributed by atoms with Crippen LogP contribution in [0, 0.1) is 12.8 Å². The van der Waals surface area contributed by atoms with Crippen molar-refractivity contribution in [2.24, 2.45) is 5.92 Å². The van der Waals surface area contributed by atoms with Gasteiger partial charge in [0.2, 0.25) is 5.69 Å². The highest BCUT2D eigenvalue weighted by Gasteiger charge is 2.30. The number of benzene rings is 2. The molecule has 0 unspecified atom stereocenters. The summed E-state index contributed by atoms with van der Waals surface area (Å²) in [5.41, 5.74) is -1.98. The van der Waals surface area contributed by atoms with Crippen LogP contribution in [0.3, 0.4) is 0 Å². The molecule has 7 nitrogen and oxygen atoms in total. The van der Waals surface area contributed by atoms with Crippen molar-refractivity contribution < 1.29 is 18.0 Å². The fourth-order valence-corrected chi connectivity index (χ4v) is 3.40. The van der Waals surface area contributed by atoms with E-state index in [-0.39, 0.29) is 5.56 Å². The summed E-state index contributed by atoms with van der Waals surface area (Å²) in [7, 11) is 0. The predicted octanol–water partition coefficient (Wildman–Crippen LogP) is 2.91. The van der Waals surface area contributed by atoms with Crippen molar-refractivity contribution in [1.82, 2.24) is 19.7 Å². The maximum absolute atomic E-state index is 13.1. The zero-order valence-corrected chi connectivity index (χ0v) is 17.7. The van der Waals surface area contributed by atoms with E-state index in [1.165, 1.54) is 12.1 Å². The van der Waals surface area contributed by atoms with Crippen LogP contribution in [0.15, 0.2) is 58.1 Å². The van der Waals surface area contributed by atoms with Gasteiger partial charge in [0.05, 0.1) is 17.8 Å². The minimum absolute atomic E-state index is 0.0929. The van der Waals surface area contributed by atoms with E-state index in [4.69, 9.17) is 0 Å². The second-order valence-corrected chi connectivity index (χ2v) is 8.12. The fraction of sp³-hybridized carbons (Fsp3) is 0.304. The van der Waals surface area contributed by atoms with Gasteiger partial charge in [0, 0.05) is 6.54 Å². The lowest BCUT2D eigenvalue weighted by atomic mass is 10.1. The third-order valence-corrected chi connectivity index (χ3v) is 5.36. The number of carbonyl (C=O) groups excluding carboxylic acids is 1. The molecule has 10 heteroatoms. The molecule has 1 aromatic heterocycles. The van der Waals surface area contributed by atoms with Gasteiger partial charge in [-0.25, -0.2) is 4.79 Å². The molecule has 1 aliphatic carbocycles. The molecule has 0 aliphatic heterocycles. The Morgan fingerprint density at radius 2 is 1.85 bits per heavy atom. The Labute approximate surface area is 186 Å². The quantitative estimate of drug-likeness (QED) is 0.616. The summed E-state index contributed by atoms with van der Waals surface area (Å²) < 4.78 is 41.0. The number of rotatable bonds is 6. The monoisotopic (exact) mass is 458 g/mol. The predicted molar refractivity (Wildman–Crippen MR) is 114 cm³/mol. The smallest absolute Gasteiger partial charge is 0.350 e. The number of alkyl halides is 3. The third-order valence-electron chi connectivity index (χ3n) is 5.36. The van der Waals surface area contributed by atoms with E-state index in [0.29, 0.717) is 18.2 Å². The number of amides is 1. The summed E-state index contributed by atoms with van der Waals surface area (Å²) >= 11 is 0. The molecule has 33 heavy (non-hydrogen) atoms. The van der Waals surface area contributed by atoms with E-state index in [0.717, 1.165) is 39.8 Å². The van der Waals surface area contributed by atoms with Crippen LogP contribution in [0.4, 0.5) is 13.2 Å². The van der Waals surface area contributed by atoms with Gasteiger partial charge in [-0.3, -0.25) is 14.2 Å². The number of aryl methyl sites for hydroxylation is 1. The van der Waals surface area contributed by atoms with Crippen molar-refractivity contribution in [2.75, 3.05) is 6.54 Å². The Balaban J connectivity index is 1.82. The van der Waals surface area contributed by atoms with Crippen LogP contribution in [0.5, 0.6) is 0 Å². The lowest BCUT2D eigenvalue weighted by molar-refractivity contribution is -0.137. The summed E-state index contributed by atoms with van der Waals surface area (Å²) in [5, 5.41) is 6.67. The minimum Gasteiger partial charge on any atom is -0.350 e. The van der Waals surface area contributed by atoms with Gasteiger partial charge < -0.3 is 5.32 Å². The maximum Gasteiger partial charge on any atom is 0.416 e.